The second kappa shape index (κ2) is 5.93. The number of nitrogens with zero attached hydrogens (tertiary/aromatic N) is 3. The Labute approximate surface area is 113 Å². The maximum absolute atomic E-state index is 5.21. The number of ether oxygens (including phenoxy) is 1. The second-order valence-corrected chi connectivity index (χ2v) is 4.71. The van der Waals surface area contributed by atoms with E-state index in [0.29, 0.717) is 6.61 Å². The average molecular weight is 260 g/mol. The lowest BCUT2D eigenvalue weighted by molar-refractivity contribution is 0.184. The number of hydrogen-bond donors (Lipinski definition) is 1. The van der Waals surface area contributed by atoms with E-state index in [4.69, 9.17) is 4.74 Å². The van der Waals surface area contributed by atoms with Gasteiger partial charge in [-0.25, -0.2) is 15.0 Å². The van der Waals surface area contributed by atoms with Gasteiger partial charge in [-0.3, -0.25) is 0 Å². The first-order chi connectivity index (χ1) is 9.15. The SMILES string of the molecule is CC[C@@H](COC)Nc1ncnc2nc(C)cc(C)c12. The van der Waals surface area contributed by atoms with Crippen LogP contribution < -0.4 is 5.32 Å². The summed E-state index contributed by atoms with van der Waals surface area (Å²) in [6, 6.07) is 2.29. The summed E-state index contributed by atoms with van der Waals surface area (Å²) < 4.78 is 5.21. The molecule has 2 rings (SSSR count). The van der Waals surface area contributed by atoms with Gasteiger partial charge in [-0.05, 0) is 31.9 Å². The molecule has 0 saturated carbocycles. The second-order valence-electron chi connectivity index (χ2n) is 4.71. The molecule has 5 heteroatoms. The summed E-state index contributed by atoms with van der Waals surface area (Å²) in [6.45, 7) is 6.81. The summed E-state index contributed by atoms with van der Waals surface area (Å²) in [5, 5.41) is 4.41. The van der Waals surface area contributed by atoms with E-state index in [-0.39, 0.29) is 6.04 Å². The van der Waals surface area contributed by atoms with Gasteiger partial charge in [-0.1, -0.05) is 6.92 Å². The van der Waals surface area contributed by atoms with Crippen molar-refractivity contribution in [1.82, 2.24) is 15.0 Å². The number of hydrogen-bond acceptors (Lipinski definition) is 5. The molecule has 19 heavy (non-hydrogen) atoms. The Morgan fingerprint density at radius 1 is 1.32 bits per heavy atom. The van der Waals surface area contributed by atoms with Gasteiger partial charge < -0.3 is 10.1 Å². The van der Waals surface area contributed by atoms with E-state index in [0.717, 1.165) is 34.5 Å². The molecular weight excluding hydrogens is 240 g/mol. The maximum Gasteiger partial charge on any atom is 0.165 e. The van der Waals surface area contributed by atoms with E-state index < -0.39 is 0 Å². The Bertz CT molecular complexity index is 571. The first-order valence-corrected chi connectivity index (χ1v) is 6.50. The van der Waals surface area contributed by atoms with Crippen molar-refractivity contribution in [2.24, 2.45) is 0 Å². The van der Waals surface area contributed by atoms with Gasteiger partial charge in [0.2, 0.25) is 0 Å². The predicted octanol–water partition coefficient (Wildman–Crippen LogP) is 2.48. The zero-order chi connectivity index (χ0) is 13.8. The van der Waals surface area contributed by atoms with Crippen LogP contribution in [-0.2, 0) is 4.74 Å². The third-order valence-corrected chi connectivity index (χ3v) is 3.13. The molecule has 0 bridgehead atoms. The minimum absolute atomic E-state index is 0.240. The van der Waals surface area contributed by atoms with Crippen LogP contribution in [0.4, 0.5) is 5.82 Å². The Morgan fingerprint density at radius 2 is 2.11 bits per heavy atom. The number of pyridine rings is 1. The fourth-order valence-electron chi connectivity index (χ4n) is 2.17. The highest BCUT2D eigenvalue weighted by Gasteiger charge is 2.12. The van der Waals surface area contributed by atoms with E-state index in [2.05, 4.69) is 34.1 Å². The van der Waals surface area contributed by atoms with Crippen LogP contribution >= 0.6 is 0 Å². The molecule has 0 aliphatic rings. The smallest absolute Gasteiger partial charge is 0.165 e. The van der Waals surface area contributed by atoms with Gasteiger partial charge >= 0.3 is 0 Å². The van der Waals surface area contributed by atoms with Gasteiger partial charge in [-0.15, -0.1) is 0 Å². The highest BCUT2D eigenvalue weighted by Crippen LogP contribution is 2.23. The van der Waals surface area contributed by atoms with Crippen molar-refractivity contribution in [2.45, 2.75) is 33.2 Å². The average Bonchev–Trinajstić information content (AvgIpc) is 2.37. The van der Waals surface area contributed by atoms with Gasteiger partial charge in [0.05, 0.1) is 18.0 Å². The lowest BCUT2D eigenvalue weighted by Gasteiger charge is -2.18. The third-order valence-electron chi connectivity index (χ3n) is 3.13. The van der Waals surface area contributed by atoms with Crippen LogP contribution in [0.1, 0.15) is 24.6 Å². The fourth-order valence-corrected chi connectivity index (χ4v) is 2.17. The van der Waals surface area contributed by atoms with Gasteiger partial charge in [0.1, 0.15) is 12.1 Å². The van der Waals surface area contributed by atoms with Crippen LogP contribution in [0.25, 0.3) is 11.0 Å². The quantitative estimate of drug-likeness (QED) is 0.895. The number of aryl methyl sites for hydroxylation is 2. The zero-order valence-corrected chi connectivity index (χ0v) is 11.9. The molecule has 102 valence electrons. The van der Waals surface area contributed by atoms with Crippen LogP contribution in [0.2, 0.25) is 0 Å². The van der Waals surface area contributed by atoms with Crippen LogP contribution in [-0.4, -0.2) is 34.7 Å². The minimum atomic E-state index is 0.240. The van der Waals surface area contributed by atoms with E-state index >= 15 is 0 Å². The summed E-state index contributed by atoms with van der Waals surface area (Å²) in [6.07, 6.45) is 2.52. The molecule has 2 heterocycles. The van der Waals surface area contributed by atoms with E-state index in [1.807, 2.05) is 13.0 Å². The Morgan fingerprint density at radius 3 is 2.79 bits per heavy atom. The molecule has 0 amide bonds. The van der Waals surface area contributed by atoms with Crippen LogP contribution in [0, 0.1) is 13.8 Å². The summed E-state index contributed by atoms with van der Waals surface area (Å²) >= 11 is 0. The molecule has 0 radical (unpaired) electrons. The highest BCUT2D eigenvalue weighted by atomic mass is 16.5. The predicted molar refractivity (Wildman–Crippen MR) is 76.4 cm³/mol. The standard InChI is InChI=1S/C14H20N4O/c1-5-11(7-19-4)18-14-12-9(2)6-10(3)17-13(12)15-8-16-14/h6,8,11H,5,7H2,1-4H3,(H,15,16,17,18)/t11-/m0/s1. The summed E-state index contributed by atoms with van der Waals surface area (Å²) in [5.74, 6) is 0.832. The van der Waals surface area contributed by atoms with Crippen molar-refractivity contribution in [1.29, 1.82) is 0 Å². The number of fused-ring (bicyclic) bond motifs is 1. The number of rotatable bonds is 5. The molecule has 0 saturated heterocycles. The number of anilines is 1. The zero-order valence-electron chi connectivity index (χ0n) is 11.9. The first-order valence-electron chi connectivity index (χ1n) is 6.50. The summed E-state index contributed by atoms with van der Waals surface area (Å²) in [7, 11) is 1.71. The summed E-state index contributed by atoms with van der Waals surface area (Å²) in [5.41, 5.74) is 2.85. The van der Waals surface area contributed by atoms with Crippen molar-refractivity contribution >= 4 is 16.9 Å². The lowest BCUT2D eigenvalue weighted by Crippen LogP contribution is -2.24. The van der Waals surface area contributed by atoms with Crippen LogP contribution in [0.5, 0.6) is 0 Å². The number of aromatic nitrogens is 3. The van der Waals surface area contributed by atoms with Crippen molar-refractivity contribution in [3.05, 3.63) is 23.7 Å². The topological polar surface area (TPSA) is 59.9 Å². The Kier molecular flexibility index (Phi) is 4.27. The molecule has 1 N–H and O–H groups in total. The molecule has 1 atom stereocenters. The highest BCUT2D eigenvalue weighted by molar-refractivity contribution is 5.89. The third kappa shape index (κ3) is 2.98. The molecule has 0 spiro atoms. The fraction of sp³-hybridized carbons (Fsp3) is 0.500. The van der Waals surface area contributed by atoms with E-state index in [9.17, 15) is 0 Å². The first kappa shape index (κ1) is 13.7. The van der Waals surface area contributed by atoms with Gasteiger partial charge in [0.15, 0.2) is 5.65 Å². The molecule has 0 aromatic carbocycles. The van der Waals surface area contributed by atoms with Crippen molar-refractivity contribution in [3.63, 3.8) is 0 Å². The number of methoxy groups -OCH3 is 1. The number of nitrogens with one attached hydrogen (secondary N) is 1. The Hall–Kier alpha value is -1.75. The Balaban J connectivity index is 2.43. The maximum atomic E-state index is 5.21. The van der Waals surface area contributed by atoms with Crippen LogP contribution in [0.3, 0.4) is 0 Å². The normalized spacial score (nSPS) is 12.6. The lowest BCUT2D eigenvalue weighted by atomic mass is 10.1. The minimum Gasteiger partial charge on any atom is -0.383 e. The molecule has 0 aliphatic carbocycles. The molecule has 0 unspecified atom stereocenters. The monoisotopic (exact) mass is 260 g/mol. The molecule has 2 aromatic rings. The van der Waals surface area contributed by atoms with E-state index in [1.165, 1.54) is 0 Å². The van der Waals surface area contributed by atoms with Crippen LogP contribution in [0.15, 0.2) is 12.4 Å². The molecular formula is C14H20N4O. The molecule has 0 aliphatic heterocycles. The van der Waals surface area contributed by atoms with Crippen molar-refractivity contribution in [2.75, 3.05) is 19.0 Å². The van der Waals surface area contributed by atoms with Gasteiger partial charge in [0, 0.05) is 12.8 Å². The van der Waals surface area contributed by atoms with E-state index in [1.54, 1.807) is 13.4 Å². The van der Waals surface area contributed by atoms with Gasteiger partial charge in [0.25, 0.3) is 0 Å². The van der Waals surface area contributed by atoms with Gasteiger partial charge in [-0.2, -0.15) is 0 Å². The summed E-state index contributed by atoms with van der Waals surface area (Å²) in [4.78, 5) is 13.1. The molecule has 2 aromatic heterocycles. The molecule has 0 fully saturated rings. The van der Waals surface area contributed by atoms with Crippen molar-refractivity contribution < 1.29 is 4.74 Å². The molecule has 5 nitrogen and oxygen atoms in total. The van der Waals surface area contributed by atoms with Crippen molar-refractivity contribution in [3.8, 4) is 0 Å². The largest absolute Gasteiger partial charge is 0.383 e.